The van der Waals surface area contributed by atoms with Gasteiger partial charge in [0.1, 0.15) is 9.77 Å². The summed E-state index contributed by atoms with van der Waals surface area (Å²) in [5.41, 5.74) is -1.57. The minimum Gasteiger partial charge on any atom is -0.461 e. The van der Waals surface area contributed by atoms with E-state index >= 15 is 0 Å². The van der Waals surface area contributed by atoms with Crippen molar-refractivity contribution in [1.82, 2.24) is 0 Å². The molecule has 6 nitrogen and oxygen atoms in total. The second-order valence-corrected chi connectivity index (χ2v) is 6.02. The summed E-state index contributed by atoms with van der Waals surface area (Å²) in [6.07, 6.45) is -3.97. The fourth-order valence-corrected chi connectivity index (χ4v) is 3.65. The summed E-state index contributed by atoms with van der Waals surface area (Å²) in [6.45, 7) is 1.56. The second kappa shape index (κ2) is 6.37. The molecule has 0 aliphatic heterocycles. The van der Waals surface area contributed by atoms with Crippen molar-refractivity contribution < 1.29 is 35.9 Å². The quantitative estimate of drug-likeness (QED) is 0.465. The van der Waals surface area contributed by atoms with Crippen molar-refractivity contribution in [3.63, 3.8) is 0 Å². The highest BCUT2D eigenvalue weighted by atomic mass is 32.2. The highest BCUT2D eigenvalue weighted by Crippen LogP contribution is 2.40. The Morgan fingerprint density at radius 2 is 2.10 bits per heavy atom. The number of halogens is 3. The first-order valence-corrected chi connectivity index (χ1v) is 7.67. The van der Waals surface area contributed by atoms with Crippen LogP contribution < -0.4 is 0 Å². The SMILES string of the molecule is CCCOC(=O)c1scc(C(F)(F)F)c1S(=O)(=O)N=C=O. The van der Waals surface area contributed by atoms with E-state index in [0.29, 0.717) is 17.9 Å². The van der Waals surface area contributed by atoms with E-state index in [1.807, 2.05) is 0 Å². The summed E-state index contributed by atoms with van der Waals surface area (Å²) in [7, 11) is -4.99. The lowest BCUT2D eigenvalue weighted by atomic mass is 10.3. The van der Waals surface area contributed by atoms with Crippen LogP contribution in [0.25, 0.3) is 0 Å². The molecular weight excluding hydrogens is 335 g/mol. The van der Waals surface area contributed by atoms with Crippen LogP contribution in [-0.4, -0.2) is 27.1 Å². The minimum absolute atomic E-state index is 0.0888. The van der Waals surface area contributed by atoms with Crippen molar-refractivity contribution in [2.75, 3.05) is 6.61 Å². The summed E-state index contributed by atoms with van der Waals surface area (Å²) < 4.78 is 68.6. The van der Waals surface area contributed by atoms with Gasteiger partial charge in [-0.3, -0.25) is 0 Å². The number of isocyanates is 1. The van der Waals surface area contributed by atoms with E-state index in [1.165, 1.54) is 0 Å². The fourth-order valence-electron chi connectivity index (χ4n) is 1.29. The Morgan fingerprint density at radius 3 is 2.57 bits per heavy atom. The lowest BCUT2D eigenvalue weighted by Gasteiger charge is -2.07. The molecule has 0 atom stereocenters. The van der Waals surface area contributed by atoms with Crippen LogP contribution in [0.3, 0.4) is 0 Å². The number of rotatable bonds is 5. The van der Waals surface area contributed by atoms with Gasteiger partial charge in [-0.1, -0.05) is 11.3 Å². The third kappa shape index (κ3) is 3.90. The maximum atomic E-state index is 12.8. The molecule has 0 N–H and O–H groups in total. The largest absolute Gasteiger partial charge is 0.461 e. The van der Waals surface area contributed by atoms with Gasteiger partial charge in [-0.15, -0.1) is 11.3 Å². The van der Waals surface area contributed by atoms with Gasteiger partial charge in [0, 0.05) is 5.38 Å². The number of thiophene rings is 1. The van der Waals surface area contributed by atoms with E-state index in [0.717, 1.165) is 0 Å². The molecule has 1 heterocycles. The highest BCUT2D eigenvalue weighted by Gasteiger charge is 2.42. The van der Waals surface area contributed by atoms with Crippen LogP contribution in [0.1, 0.15) is 28.6 Å². The van der Waals surface area contributed by atoms with Gasteiger partial charge in [0.25, 0.3) is 16.1 Å². The molecule has 11 heteroatoms. The molecule has 0 saturated heterocycles. The Labute approximate surface area is 121 Å². The van der Waals surface area contributed by atoms with Crippen LogP contribution in [0.4, 0.5) is 13.2 Å². The Bertz CT molecular complexity index is 686. The zero-order valence-electron chi connectivity index (χ0n) is 10.4. The topological polar surface area (TPSA) is 89.9 Å². The van der Waals surface area contributed by atoms with E-state index in [9.17, 15) is 31.2 Å². The number of nitrogens with zero attached hydrogens (tertiary/aromatic N) is 1. The number of hydrogen-bond donors (Lipinski definition) is 0. The molecule has 116 valence electrons. The molecule has 1 rings (SSSR count). The van der Waals surface area contributed by atoms with E-state index in [-0.39, 0.29) is 17.9 Å². The molecule has 0 saturated carbocycles. The zero-order chi connectivity index (χ0) is 16.3. The normalized spacial score (nSPS) is 11.8. The molecule has 0 bridgehead atoms. The highest BCUT2D eigenvalue weighted by molar-refractivity contribution is 7.90. The summed E-state index contributed by atoms with van der Waals surface area (Å²) in [6, 6.07) is 0. The third-order valence-electron chi connectivity index (χ3n) is 2.09. The van der Waals surface area contributed by atoms with Gasteiger partial charge < -0.3 is 4.74 Å². The van der Waals surface area contributed by atoms with Crippen molar-refractivity contribution in [3.05, 3.63) is 15.8 Å². The van der Waals surface area contributed by atoms with Crippen molar-refractivity contribution in [2.45, 2.75) is 24.4 Å². The number of hydrogen-bond acceptors (Lipinski definition) is 6. The minimum atomic E-state index is -5.03. The van der Waals surface area contributed by atoms with E-state index < -0.39 is 37.5 Å². The smallest absolute Gasteiger partial charge is 0.418 e. The van der Waals surface area contributed by atoms with Crippen LogP contribution in [0.2, 0.25) is 0 Å². The molecule has 0 fully saturated rings. The Hall–Kier alpha value is -1.71. The summed E-state index contributed by atoms with van der Waals surface area (Å²) >= 11 is 0.251. The molecule has 0 amide bonds. The van der Waals surface area contributed by atoms with Crippen LogP contribution in [0, 0.1) is 0 Å². The molecule has 0 radical (unpaired) electrons. The first-order valence-electron chi connectivity index (χ1n) is 5.35. The summed E-state index contributed by atoms with van der Waals surface area (Å²) in [4.78, 5) is 19.5. The molecule has 1 aromatic heterocycles. The van der Waals surface area contributed by atoms with Crippen LogP contribution in [0.5, 0.6) is 0 Å². The summed E-state index contributed by atoms with van der Waals surface area (Å²) in [5, 5.41) is 0.454. The zero-order valence-corrected chi connectivity index (χ0v) is 12.1. The van der Waals surface area contributed by atoms with Gasteiger partial charge in [0.05, 0.1) is 12.2 Å². The standard InChI is InChI=1S/C10H8F3NO5S2/c1-2-3-19-9(16)7-8(21(17,18)14-5-15)6(4-20-7)10(11,12)13/h4H,2-3H2,1H3. The first kappa shape index (κ1) is 17.3. The van der Waals surface area contributed by atoms with Crippen LogP contribution in [0.15, 0.2) is 14.7 Å². The molecular formula is C10H8F3NO5S2. The number of esters is 1. The summed E-state index contributed by atoms with van der Waals surface area (Å²) in [5.74, 6) is -1.22. The molecule has 0 aromatic carbocycles. The van der Waals surface area contributed by atoms with Crippen molar-refractivity contribution in [3.8, 4) is 0 Å². The Kier molecular flexibility index (Phi) is 5.26. The number of sulfonamides is 1. The third-order valence-corrected chi connectivity index (χ3v) is 4.43. The maximum absolute atomic E-state index is 12.8. The first-order chi connectivity index (χ1) is 9.65. The van der Waals surface area contributed by atoms with Crippen molar-refractivity contribution in [2.24, 2.45) is 4.40 Å². The molecule has 0 aliphatic carbocycles. The monoisotopic (exact) mass is 343 g/mol. The number of alkyl halides is 3. The predicted octanol–water partition coefficient (Wildman–Crippen LogP) is 2.36. The van der Waals surface area contributed by atoms with Crippen LogP contribution in [-0.2, 0) is 25.7 Å². The average Bonchev–Trinajstić information content (AvgIpc) is 2.81. The van der Waals surface area contributed by atoms with Gasteiger partial charge >= 0.3 is 12.1 Å². The molecule has 1 aromatic rings. The van der Waals surface area contributed by atoms with Crippen LogP contribution >= 0.6 is 11.3 Å². The van der Waals surface area contributed by atoms with Crippen molar-refractivity contribution in [1.29, 1.82) is 0 Å². The lowest BCUT2D eigenvalue weighted by molar-refractivity contribution is -0.139. The Morgan fingerprint density at radius 1 is 1.48 bits per heavy atom. The molecule has 0 unspecified atom stereocenters. The van der Waals surface area contributed by atoms with Gasteiger partial charge in [0.2, 0.25) is 0 Å². The van der Waals surface area contributed by atoms with Gasteiger partial charge in [-0.25, -0.2) is 9.59 Å². The number of carbonyl (C=O) groups excluding carboxylic acids is 2. The fraction of sp³-hybridized carbons (Fsp3) is 0.400. The van der Waals surface area contributed by atoms with Gasteiger partial charge in [-0.05, 0) is 6.42 Å². The van der Waals surface area contributed by atoms with E-state index in [2.05, 4.69) is 9.13 Å². The van der Waals surface area contributed by atoms with Gasteiger partial charge in [-0.2, -0.15) is 21.6 Å². The number of ether oxygens (including phenoxy) is 1. The van der Waals surface area contributed by atoms with E-state index in [1.54, 1.807) is 6.92 Å². The number of carbonyl (C=O) groups is 1. The molecule has 0 aliphatic rings. The predicted molar refractivity (Wildman–Crippen MR) is 65.2 cm³/mol. The molecule has 21 heavy (non-hydrogen) atoms. The average molecular weight is 343 g/mol. The maximum Gasteiger partial charge on any atom is 0.418 e. The van der Waals surface area contributed by atoms with Crippen molar-refractivity contribution >= 4 is 33.4 Å². The van der Waals surface area contributed by atoms with E-state index in [4.69, 9.17) is 0 Å². The second-order valence-electron chi connectivity index (χ2n) is 3.60. The lowest BCUT2D eigenvalue weighted by Crippen LogP contribution is -2.14. The van der Waals surface area contributed by atoms with Gasteiger partial charge in [0.15, 0.2) is 0 Å². The Balaban J connectivity index is 3.52. The molecule has 0 spiro atoms.